The van der Waals surface area contributed by atoms with Crippen molar-refractivity contribution in [1.82, 2.24) is 4.57 Å². The predicted octanol–water partition coefficient (Wildman–Crippen LogP) is 3.49. The summed E-state index contributed by atoms with van der Waals surface area (Å²) in [7, 11) is 1.07. The second-order valence-electron chi connectivity index (χ2n) is 5.48. The van der Waals surface area contributed by atoms with Crippen molar-refractivity contribution in [3.05, 3.63) is 64.8 Å². The molecule has 1 heterocycles. The van der Waals surface area contributed by atoms with Crippen LogP contribution in [0.15, 0.2) is 42.6 Å². The number of methoxy groups -OCH3 is 1. The lowest BCUT2D eigenvalue weighted by Crippen LogP contribution is -2.42. The fourth-order valence-corrected chi connectivity index (χ4v) is 2.07. The summed E-state index contributed by atoms with van der Waals surface area (Å²) in [5, 5.41) is 15.3. The smallest absolute Gasteiger partial charge is 0.378 e. The van der Waals surface area contributed by atoms with Crippen molar-refractivity contribution in [1.29, 1.82) is 10.8 Å². The number of nitrogens with zero attached hydrogens (tertiary/aromatic N) is 1. The minimum absolute atomic E-state index is 0.212. The van der Waals surface area contributed by atoms with Gasteiger partial charge >= 0.3 is 12.1 Å². The highest BCUT2D eigenvalue weighted by Gasteiger charge is 2.36. The zero-order chi connectivity index (χ0) is 20.2. The van der Waals surface area contributed by atoms with E-state index in [-0.39, 0.29) is 11.1 Å². The van der Waals surface area contributed by atoms with E-state index < -0.39 is 30.1 Å². The Morgan fingerprint density at radius 3 is 2.11 bits per heavy atom. The van der Waals surface area contributed by atoms with Gasteiger partial charge in [0.15, 0.2) is 5.84 Å². The highest BCUT2D eigenvalue weighted by Crippen LogP contribution is 2.28. The number of benzene rings is 1. The molecule has 2 N–H and O–H groups in total. The molecule has 1 aromatic carbocycles. The maximum atomic E-state index is 13.8. The molecule has 0 aliphatic rings. The summed E-state index contributed by atoms with van der Waals surface area (Å²) in [5.41, 5.74) is -0.651. The van der Waals surface area contributed by atoms with E-state index in [0.29, 0.717) is 10.1 Å². The van der Waals surface area contributed by atoms with Gasteiger partial charge < -0.3 is 4.74 Å². The average molecular weight is 383 g/mol. The number of alkyl halides is 5. The summed E-state index contributed by atoms with van der Waals surface area (Å²) >= 11 is 0. The third-order valence-corrected chi connectivity index (χ3v) is 3.42. The second-order valence-corrected chi connectivity index (χ2v) is 5.48. The van der Waals surface area contributed by atoms with Crippen LogP contribution in [0.5, 0.6) is 0 Å². The van der Waals surface area contributed by atoms with Crippen LogP contribution in [0.2, 0.25) is 0 Å². The first kappa shape index (κ1) is 20.3. The first-order valence-corrected chi connectivity index (χ1v) is 7.47. The number of hydrogen-bond acceptors (Lipinski definition) is 3. The molecule has 0 spiro atoms. The Morgan fingerprint density at radius 2 is 1.56 bits per heavy atom. The third-order valence-electron chi connectivity index (χ3n) is 3.42. The molecule has 0 unspecified atom stereocenters. The maximum Gasteiger partial charge on any atom is 0.416 e. The molecule has 0 aliphatic carbocycles. The molecule has 9 heteroatoms. The summed E-state index contributed by atoms with van der Waals surface area (Å²) in [6.45, 7) is -1.01. The standard InChI is InChI=1S/C18H14F5N3O/c1-27-11-17(19,20)16(25)26-10-13(6-9-15(26)24)3-2-12-4-7-14(8-5-12)18(21,22)23/h4-10,24-25H,11H2,1H3. The summed E-state index contributed by atoms with van der Waals surface area (Å²) in [5.74, 6) is 0.483. The van der Waals surface area contributed by atoms with Crippen LogP contribution in [0.3, 0.4) is 0 Å². The lowest BCUT2D eigenvalue weighted by Gasteiger charge is -2.18. The van der Waals surface area contributed by atoms with E-state index in [1.165, 1.54) is 24.3 Å². The number of halogens is 5. The van der Waals surface area contributed by atoms with Gasteiger partial charge in [0, 0.05) is 24.4 Å². The highest BCUT2D eigenvalue weighted by molar-refractivity contribution is 5.88. The van der Waals surface area contributed by atoms with Gasteiger partial charge in [-0.3, -0.25) is 15.4 Å². The van der Waals surface area contributed by atoms with Gasteiger partial charge in [0.1, 0.15) is 12.1 Å². The van der Waals surface area contributed by atoms with Crippen LogP contribution in [0.4, 0.5) is 22.0 Å². The van der Waals surface area contributed by atoms with Crippen LogP contribution in [0.1, 0.15) is 16.7 Å². The molecule has 0 bridgehead atoms. The van der Waals surface area contributed by atoms with Gasteiger partial charge in [-0.15, -0.1) is 0 Å². The van der Waals surface area contributed by atoms with Crippen molar-refractivity contribution in [2.75, 3.05) is 13.7 Å². The van der Waals surface area contributed by atoms with Crippen LogP contribution < -0.4 is 5.49 Å². The Morgan fingerprint density at radius 1 is 1.00 bits per heavy atom. The van der Waals surface area contributed by atoms with E-state index in [2.05, 4.69) is 16.6 Å². The van der Waals surface area contributed by atoms with E-state index in [1.54, 1.807) is 0 Å². The zero-order valence-electron chi connectivity index (χ0n) is 14.0. The summed E-state index contributed by atoms with van der Waals surface area (Å²) in [6.07, 6.45) is -3.36. The van der Waals surface area contributed by atoms with Crippen molar-refractivity contribution in [3.63, 3.8) is 0 Å². The molecule has 0 aliphatic heterocycles. The summed E-state index contributed by atoms with van der Waals surface area (Å²) in [6, 6.07) is 6.73. The predicted molar refractivity (Wildman–Crippen MR) is 87.7 cm³/mol. The molecular formula is C18H14F5N3O. The summed E-state index contributed by atoms with van der Waals surface area (Å²) < 4.78 is 70.3. The molecule has 0 atom stereocenters. The molecule has 1 aromatic heterocycles. The van der Waals surface area contributed by atoms with Gasteiger partial charge in [-0.25, -0.2) is 0 Å². The number of hydrogen-bond donors (Lipinski definition) is 2. The van der Waals surface area contributed by atoms with Gasteiger partial charge in [-0.05, 0) is 36.4 Å². The SMILES string of the molecule is COCC(F)(F)C(=N)n1cc(C#Cc2ccc(C(F)(F)F)cc2)ccc1=N. The van der Waals surface area contributed by atoms with Gasteiger partial charge in [-0.2, -0.15) is 22.0 Å². The van der Waals surface area contributed by atoms with Crippen molar-refractivity contribution in [3.8, 4) is 11.8 Å². The van der Waals surface area contributed by atoms with Crippen molar-refractivity contribution >= 4 is 5.84 Å². The molecule has 0 saturated carbocycles. The van der Waals surface area contributed by atoms with Crippen molar-refractivity contribution in [2.24, 2.45) is 0 Å². The molecule has 0 radical (unpaired) electrons. The lowest BCUT2D eigenvalue weighted by molar-refractivity contribution is -0.137. The van der Waals surface area contributed by atoms with E-state index in [0.717, 1.165) is 25.4 Å². The number of ether oxygens (including phenoxy) is 1. The first-order chi connectivity index (χ1) is 12.5. The van der Waals surface area contributed by atoms with Gasteiger partial charge in [0.25, 0.3) is 0 Å². The Labute approximate surface area is 151 Å². The maximum absolute atomic E-state index is 13.8. The molecule has 0 saturated heterocycles. The van der Waals surface area contributed by atoms with Crippen LogP contribution in [-0.2, 0) is 10.9 Å². The van der Waals surface area contributed by atoms with E-state index in [9.17, 15) is 22.0 Å². The molecule has 142 valence electrons. The van der Waals surface area contributed by atoms with Crippen LogP contribution >= 0.6 is 0 Å². The number of rotatable bonds is 3. The first-order valence-electron chi connectivity index (χ1n) is 7.47. The zero-order valence-corrected chi connectivity index (χ0v) is 14.0. The molecule has 2 rings (SSSR count). The van der Waals surface area contributed by atoms with Gasteiger partial charge in [0.2, 0.25) is 0 Å². The normalized spacial score (nSPS) is 11.6. The lowest BCUT2D eigenvalue weighted by atomic mass is 10.1. The molecule has 0 amide bonds. The topological polar surface area (TPSA) is 61.9 Å². The Hall–Kier alpha value is -2.99. The van der Waals surface area contributed by atoms with Crippen LogP contribution in [0.25, 0.3) is 0 Å². The Kier molecular flexibility index (Phi) is 5.81. The Balaban J connectivity index is 2.31. The fraction of sp³-hybridized carbons (Fsp3) is 0.222. The molecule has 4 nitrogen and oxygen atoms in total. The molecule has 27 heavy (non-hydrogen) atoms. The largest absolute Gasteiger partial charge is 0.416 e. The second kappa shape index (κ2) is 7.72. The van der Waals surface area contributed by atoms with Gasteiger partial charge in [0.05, 0.1) is 5.56 Å². The monoisotopic (exact) mass is 383 g/mol. The minimum atomic E-state index is -4.45. The molecule has 2 aromatic rings. The minimum Gasteiger partial charge on any atom is -0.378 e. The van der Waals surface area contributed by atoms with Crippen molar-refractivity contribution in [2.45, 2.75) is 12.1 Å². The number of aromatic nitrogens is 1. The quantitative estimate of drug-likeness (QED) is 0.362. The molecular weight excluding hydrogens is 369 g/mol. The fourth-order valence-electron chi connectivity index (χ4n) is 2.07. The number of nitrogens with one attached hydrogen (secondary N) is 2. The van der Waals surface area contributed by atoms with E-state index in [4.69, 9.17) is 10.8 Å². The Bertz CT molecular complexity index is 950. The van der Waals surface area contributed by atoms with Crippen LogP contribution in [-0.4, -0.2) is 30.0 Å². The third kappa shape index (κ3) is 5.01. The van der Waals surface area contributed by atoms with Gasteiger partial charge in [-0.1, -0.05) is 11.8 Å². The highest BCUT2D eigenvalue weighted by atomic mass is 19.4. The number of pyridine rings is 1. The average Bonchev–Trinajstić information content (AvgIpc) is 2.60. The summed E-state index contributed by atoms with van der Waals surface area (Å²) in [4.78, 5) is 0. The van der Waals surface area contributed by atoms with Crippen molar-refractivity contribution < 1.29 is 26.7 Å². The molecule has 0 fully saturated rings. The van der Waals surface area contributed by atoms with Crippen LogP contribution in [0, 0.1) is 22.7 Å². The van der Waals surface area contributed by atoms with E-state index in [1.807, 2.05) is 0 Å². The van der Waals surface area contributed by atoms with E-state index >= 15 is 0 Å².